The zero-order valence-corrected chi connectivity index (χ0v) is 10.9. The fraction of sp³-hybridized carbons (Fsp3) is 0.917. The Labute approximate surface area is 107 Å². The molecule has 3 atom stereocenters. The van der Waals surface area contributed by atoms with Crippen LogP contribution in [0.2, 0.25) is 0 Å². The molecule has 18 heavy (non-hydrogen) atoms. The van der Waals surface area contributed by atoms with E-state index < -0.39 is 11.9 Å². The van der Waals surface area contributed by atoms with Gasteiger partial charge < -0.3 is 24.4 Å². The minimum Gasteiger partial charge on any atom is -0.466 e. The summed E-state index contributed by atoms with van der Waals surface area (Å²) in [6.45, 7) is 4.06. The molecule has 0 amide bonds. The molecule has 1 fully saturated rings. The topological polar surface area (TPSA) is 85.2 Å². The van der Waals surface area contributed by atoms with Gasteiger partial charge in [-0.3, -0.25) is 4.79 Å². The molecule has 1 rings (SSSR count). The lowest BCUT2D eigenvalue weighted by Gasteiger charge is -2.25. The SMILES string of the molecule is CCOC(=O)CCC(C)(O)OCC1CC(O)CO1. The summed E-state index contributed by atoms with van der Waals surface area (Å²) in [5.74, 6) is -1.74. The Balaban J connectivity index is 2.20. The summed E-state index contributed by atoms with van der Waals surface area (Å²) in [5.41, 5.74) is 0. The number of aliphatic hydroxyl groups excluding tert-OH is 1. The predicted molar refractivity (Wildman–Crippen MR) is 62.8 cm³/mol. The van der Waals surface area contributed by atoms with Crippen molar-refractivity contribution in [1.82, 2.24) is 0 Å². The van der Waals surface area contributed by atoms with E-state index in [4.69, 9.17) is 14.2 Å². The Hall–Kier alpha value is -0.690. The van der Waals surface area contributed by atoms with Crippen molar-refractivity contribution in [1.29, 1.82) is 0 Å². The third kappa shape index (κ3) is 5.77. The third-order valence-electron chi connectivity index (χ3n) is 2.74. The van der Waals surface area contributed by atoms with Crippen LogP contribution in [0.1, 0.15) is 33.1 Å². The van der Waals surface area contributed by atoms with Crippen molar-refractivity contribution in [2.24, 2.45) is 0 Å². The van der Waals surface area contributed by atoms with Gasteiger partial charge >= 0.3 is 5.97 Å². The molecule has 1 heterocycles. The summed E-state index contributed by atoms with van der Waals surface area (Å²) >= 11 is 0. The highest BCUT2D eigenvalue weighted by molar-refractivity contribution is 5.69. The first-order valence-electron chi connectivity index (χ1n) is 6.24. The summed E-state index contributed by atoms with van der Waals surface area (Å²) in [6, 6.07) is 0. The molecule has 0 aromatic carbocycles. The van der Waals surface area contributed by atoms with Crippen LogP contribution in [0.5, 0.6) is 0 Å². The van der Waals surface area contributed by atoms with Crippen molar-refractivity contribution >= 4 is 5.97 Å². The lowest BCUT2D eigenvalue weighted by Crippen LogP contribution is -2.33. The molecule has 0 radical (unpaired) electrons. The number of aliphatic hydroxyl groups is 2. The van der Waals surface area contributed by atoms with Crippen LogP contribution < -0.4 is 0 Å². The van der Waals surface area contributed by atoms with E-state index in [0.29, 0.717) is 19.6 Å². The third-order valence-corrected chi connectivity index (χ3v) is 2.74. The molecule has 0 saturated carbocycles. The molecular weight excluding hydrogens is 240 g/mol. The molecule has 0 aromatic rings. The van der Waals surface area contributed by atoms with Crippen molar-refractivity contribution in [3.63, 3.8) is 0 Å². The minimum absolute atomic E-state index is 0.106. The molecule has 2 N–H and O–H groups in total. The van der Waals surface area contributed by atoms with Crippen LogP contribution in [-0.4, -0.2) is 54.0 Å². The summed E-state index contributed by atoms with van der Waals surface area (Å²) < 4.78 is 15.3. The smallest absolute Gasteiger partial charge is 0.305 e. The van der Waals surface area contributed by atoms with Crippen molar-refractivity contribution in [2.75, 3.05) is 19.8 Å². The Bertz CT molecular complexity index is 265. The van der Waals surface area contributed by atoms with Crippen LogP contribution in [0, 0.1) is 0 Å². The normalized spacial score (nSPS) is 26.9. The molecule has 0 aliphatic carbocycles. The molecule has 1 aliphatic heterocycles. The fourth-order valence-electron chi connectivity index (χ4n) is 1.71. The summed E-state index contributed by atoms with van der Waals surface area (Å²) in [4.78, 5) is 11.1. The van der Waals surface area contributed by atoms with Crippen LogP contribution in [0.4, 0.5) is 0 Å². The van der Waals surface area contributed by atoms with E-state index in [1.807, 2.05) is 0 Å². The van der Waals surface area contributed by atoms with Gasteiger partial charge in [0.15, 0.2) is 5.79 Å². The standard InChI is InChI=1S/C12H22O6/c1-3-16-11(14)4-5-12(2,15)18-8-10-6-9(13)7-17-10/h9-10,13,15H,3-8H2,1-2H3. The second-order valence-corrected chi connectivity index (χ2v) is 4.64. The second kappa shape index (κ2) is 7.04. The number of hydrogen-bond donors (Lipinski definition) is 2. The maximum absolute atomic E-state index is 11.1. The Morgan fingerprint density at radius 1 is 1.56 bits per heavy atom. The Morgan fingerprint density at radius 3 is 2.83 bits per heavy atom. The van der Waals surface area contributed by atoms with Gasteiger partial charge in [0, 0.05) is 12.8 Å². The predicted octanol–water partition coefficient (Wildman–Crippen LogP) is 0.205. The minimum atomic E-state index is -1.39. The average molecular weight is 262 g/mol. The van der Waals surface area contributed by atoms with Crippen LogP contribution in [0.3, 0.4) is 0 Å². The van der Waals surface area contributed by atoms with Crippen LogP contribution in [-0.2, 0) is 19.0 Å². The molecule has 1 saturated heterocycles. The van der Waals surface area contributed by atoms with E-state index in [9.17, 15) is 15.0 Å². The maximum Gasteiger partial charge on any atom is 0.305 e. The van der Waals surface area contributed by atoms with Gasteiger partial charge in [0.05, 0.1) is 38.4 Å². The number of rotatable bonds is 7. The largest absolute Gasteiger partial charge is 0.466 e. The monoisotopic (exact) mass is 262 g/mol. The van der Waals surface area contributed by atoms with E-state index in [-0.39, 0.29) is 31.5 Å². The zero-order valence-electron chi connectivity index (χ0n) is 10.9. The summed E-state index contributed by atoms with van der Waals surface area (Å²) in [5, 5.41) is 19.2. The molecule has 3 unspecified atom stereocenters. The van der Waals surface area contributed by atoms with Crippen LogP contribution in [0.25, 0.3) is 0 Å². The molecule has 0 aromatic heterocycles. The Morgan fingerprint density at radius 2 is 2.28 bits per heavy atom. The van der Waals surface area contributed by atoms with Gasteiger partial charge in [-0.1, -0.05) is 0 Å². The maximum atomic E-state index is 11.1. The van der Waals surface area contributed by atoms with E-state index in [1.54, 1.807) is 6.92 Å². The van der Waals surface area contributed by atoms with Crippen LogP contribution >= 0.6 is 0 Å². The zero-order chi connectivity index (χ0) is 13.6. The van der Waals surface area contributed by atoms with Gasteiger partial charge in [-0.25, -0.2) is 0 Å². The molecule has 6 heteroatoms. The van der Waals surface area contributed by atoms with Gasteiger partial charge in [-0.05, 0) is 13.8 Å². The lowest BCUT2D eigenvalue weighted by molar-refractivity contribution is -0.209. The van der Waals surface area contributed by atoms with E-state index in [0.717, 1.165) is 0 Å². The van der Waals surface area contributed by atoms with Crippen molar-refractivity contribution < 1.29 is 29.2 Å². The van der Waals surface area contributed by atoms with Crippen molar-refractivity contribution in [2.45, 2.75) is 51.1 Å². The quantitative estimate of drug-likeness (QED) is 0.504. The highest BCUT2D eigenvalue weighted by Gasteiger charge is 2.28. The molecule has 0 spiro atoms. The van der Waals surface area contributed by atoms with Gasteiger partial charge in [0.25, 0.3) is 0 Å². The number of hydrogen-bond acceptors (Lipinski definition) is 6. The molecule has 0 bridgehead atoms. The van der Waals surface area contributed by atoms with Gasteiger partial charge in [-0.2, -0.15) is 0 Å². The fourth-order valence-corrected chi connectivity index (χ4v) is 1.71. The highest BCUT2D eigenvalue weighted by Crippen LogP contribution is 2.19. The van der Waals surface area contributed by atoms with E-state index in [1.165, 1.54) is 6.92 Å². The first-order chi connectivity index (χ1) is 8.43. The molecular formula is C12H22O6. The van der Waals surface area contributed by atoms with Crippen molar-refractivity contribution in [3.8, 4) is 0 Å². The Kier molecular flexibility index (Phi) is 6.01. The first kappa shape index (κ1) is 15.4. The first-order valence-corrected chi connectivity index (χ1v) is 6.24. The molecule has 1 aliphatic rings. The second-order valence-electron chi connectivity index (χ2n) is 4.64. The summed E-state index contributed by atoms with van der Waals surface area (Å²) in [6.07, 6.45) is 0.126. The molecule has 6 nitrogen and oxygen atoms in total. The average Bonchev–Trinajstić information content (AvgIpc) is 2.71. The van der Waals surface area contributed by atoms with Gasteiger partial charge in [0.2, 0.25) is 0 Å². The number of esters is 1. The van der Waals surface area contributed by atoms with Gasteiger partial charge in [0.1, 0.15) is 0 Å². The van der Waals surface area contributed by atoms with E-state index in [2.05, 4.69) is 0 Å². The van der Waals surface area contributed by atoms with Gasteiger partial charge in [-0.15, -0.1) is 0 Å². The molecule has 106 valence electrons. The number of carbonyl (C=O) groups excluding carboxylic acids is 1. The number of carbonyl (C=O) groups is 1. The van der Waals surface area contributed by atoms with Crippen LogP contribution in [0.15, 0.2) is 0 Å². The summed E-state index contributed by atoms with van der Waals surface area (Å²) in [7, 11) is 0. The number of ether oxygens (including phenoxy) is 3. The highest BCUT2D eigenvalue weighted by atomic mass is 16.6. The van der Waals surface area contributed by atoms with Crippen molar-refractivity contribution in [3.05, 3.63) is 0 Å². The van der Waals surface area contributed by atoms with E-state index >= 15 is 0 Å². The lowest BCUT2D eigenvalue weighted by atomic mass is 10.1.